The molecular formula is C21H21N3O4. The maximum absolute atomic E-state index is 12.8. The predicted molar refractivity (Wildman–Crippen MR) is 104 cm³/mol. The van der Waals surface area contributed by atoms with Gasteiger partial charge in [0.05, 0.1) is 25.5 Å². The number of aromatic hydroxyl groups is 1. The molecule has 0 saturated heterocycles. The Morgan fingerprint density at radius 1 is 1.21 bits per heavy atom. The summed E-state index contributed by atoms with van der Waals surface area (Å²) in [6, 6.07) is 12.4. The largest absolute Gasteiger partial charge is 0.504 e. The summed E-state index contributed by atoms with van der Waals surface area (Å²) in [6.45, 7) is 2.29. The second-order valence-electron chi connectivity index (χ2n) is 6.57. The molecule has 0 bridgehead atoms. The third-order valence-corrected chi connectivity index (χ3v) is 4.96. The van der Waals surface area contributed by atoms with Crippen molar-refractivity contribution < 1.29 is 19.4 Å². The number of hydrogen-bond acceptors (Lipinski definition) is 5. The number of nitrogens with zero attached hydrogens (tertiary/aromatic N) is 2. The quantitative estimate of drug-likeness (QED) is 0.710. The molecule has 0 saturated carbocycles. The van der Waals surface area contributed by atoms with Crippen LogP contribution in [0.25, 0.3) is 11.3 Å². The fourth-order valence-corrected chi connectivity index (χ4v) is 3.60. The molecule has 2 N–H and O–H groups in total. The average molecular weight is 379 g/mol. The number of aromatic nitrogens is 2. The molecule has 0 radical (unpaired) electrons. The topological polar surface area (TPSA) is 87.7 Å². The molecule has 0 unspecified atom stereocenters. The maximum Gasteiger partial charge on any atom is 0.272 e. The van der Waals surface area contributed by atoms with Crippen molar-refractivity contribution in [1.29, 1.82) is 0 Å². The van der Waals surface area contributed by atoms with E-state index in [-0.39, 0.29) is 17.7 Å². The van der Waals surface area contributed by atoms with Crippen molar-refractivity contribution in [1.82, 2.24) is 15.1 Å². The smallest absolute Gasteiger partial charge is 0.272 e. The lowest BCUT2D eigenvalue weighted by Gasteiger charge is -2.22. The minimum atomic E-state index is -0.335. The zero-order valence-electron chi connectivity index (χ0n) is 15.9. The molecule has 1 aliphatic heterocycles. The van der Waals surface area contributed by atoms with Crippen LogP contribution in [0.2, 0.25) is 0 Å². The average Bonchev–Trinajstić information content (AvgIpc) is 3.24. The van der Waals surface area contributed by atoms with E-state index < -0.39 is 0 Å². The number of aromatic amines is 1. The van der Waals surface area contributed by atoms with E-state index in [0.717, 1.165) is 22.4 Å². The highest BCUT2D eigenvalue weighted by atomic mass is 16.5. The fourth-order valence-electron chi connectivity index (χ4n) is 3.60. The summed E-state index contributed by atoms with van der Waals surface area (Å²) in [5.41, 5.74) is 3.73. The monoisotopic (exact) mass is 379 g/mol. The number of amides is 1. The molecular weight excluding hydrogens is 358 g/mol. The minimum Gasteiger partial charge on any atom is -0.504 e. The normalized spacial score (nSPS) is 15.6. The molecule has 0 aliphatic carbocycles. The van der Waals surface area contributed by atoms with Gasteiger partial charge in [0.25, 0.3) is 5.91 Å². The molecule has 1 amide bonds. The zero-order chi connectivity index (χ0) is 19.8. The van der Waals surface area contributed by atoms with Crippen molar-refractivity contribution >= 4 is 5.91 Å². The number of phenols is 1. The van der Waals surface area contributed by atoms with Crippen molar-refractivity contribution in [2.75, 3.05) is 20.8 Å². The maximum atomic E-state index is 12.8. The SMILES string of the molecule is CCOc1cc([C@@H]2c3c(-c4ccc(OC)cc4)n[nH]c3C(=O)N2C)ccc1O. The van der Waals surface area contributed by atoms with Gasteiger partial charge in [-0.3, -0.25) is 9.89 Å². The number of phenolic OH excluding ortho intramolecular Hbond substituents is 1. The molecule has 2 aromatic carbocycles. The van der Waals surface area contributed by atoms with Gasteiger partial charge < -0.3 is 19.5 Å². The minimum absolute atomic E-state index is 0.0698. The Morgan fingerprint density at radius 2 is 1.96 bits per heavy atom. The van der Waals surface area contributed by atoms with E-state index in [1.165, 1.54) is 0 Å². The first-order chi connectivity index (χ1) is 13.5. The van der Waals surface area contributed by atoms with Crippen LogP contribution >= 0.6 is 0 Å². The van der Waals surface area contributed by atoms with Crippen molar-refractivity contribution in [3.63, 3.8) is 0 Å². The zero-order valence-corrected chi connectivity index (χ0v) is 15.9. The first kappa shape index (κ1) is 17.9. The number of hydrogen-bond donors (Lipinski definition) is 2. The molecule has 4 rings (SSSR count). The molecule has 144 valence electrons. The van der Waals surface area contributed by atoms with Crippen LogP contribution in [0.15, 0.2) is 42.5 Å². The van der Waals surface area contributed by atoms with Crippen molar-refractivity contribution in [3.8, 4) is 28.5 Å². The lowest BCUT2D eigenvalue weighted by molar-refractivity contribution is 0.0787. The molecule has 1 atom stereocenters. The lowest BCUT2D eigenvalue weighted by atomic mass is 9.96. The van der Waals surface area contributed by atoms with Crippen LogP contribution in [0, 0.1) is 0 Å². The van der Waals surface area contributed by atoms with Gasteiger partial charge in [0, 0.05) is 18.2 Å². The summed E-state index contributed by atoms with van der Waals surface area (Å²) in [5.74, 6) is 1.09. The number of methoxy groups -OCH3 is 1. The van der Waals surface area contributed by atoms with Gasteiger partial charge in [-0.2, -0.15) is 5.10 Å². The number of rotatable bonds is 5. The van der Waals surface area contributed by atoms with Crippen LogP contribution in [0.4, 0.5) is 0 Å². The number of H-pyrrole nitrogens is 1. The molecule has 0 fully saturated rings. The van der Waals surface area contributed by atoms with Crippen molar-refractivity contribution in [3.05, 3.63) is 59.3 Å². The van der Waals surface area contributed by atoms with E-state index in [2.05, 4.69) is 10.2 Å². The van der Waals surface area contributed by atoms with Crippen LogP contribution in [0.5, 0.6) is 17.2 Å². The van der Waals surface area contributed by atoms with Crippen molar-refractivity contribution in [2.24, 2.45) is 0 Å². The second kappa shape index (κ2) is 6.92. The van der Waals surface area contributed by atoms with E-state index in [1.807, 2.05) is 31.2 Å². The summed E-state index contributed by atoms with van der Waals surface area (Å²) in [7, 11) is 3.37. The molecule has 3 aromatic rings. The Balaban J connectivity index is 1.83. The molecule has 7 nitrogen and oxygen atoms in total. The van der Waals surface area contributed by atoms with E-state index in [1.54, 1.807) is 37.3 Å². The molecule has 1 aliphatic rings. The van der Waals surface area contributed by atoms with Gasteiger partial charge in [0.15, 0.2) is 11.5 Å². The number of carbonyl (C=O) groups is 1. The van der Waals surface area contributed by atoms with Crippen LogP contribution in [0.1, 0.15) is 34.6 Å². The van der Waals surface area contributed by atoms with Gasteiger partial charge >= 0.3 is 0 Å². The Kier molecular flexibility index (Phi) is 4.43. The number of nitrogens with one attached hydrogen (secondary N) is 1. The highest BCUT2D eigenvalue weighted by molar-refractivity contribution is 6.00. The number of benzene rings is 2. The van der Waals surface area contributed by atoms with E-state index >= 15 is 0 Å². The Labute approximate surface area is 162 Å². The fraction of sp³-hybridized carbons (Fsp3) is 0.238. The van der Waals surface area contributed by atoms with Gasteiger partial charge in [-0.15, -0.1) is 0 Å². The third kappa shape index (κ3) is 2.76. The molecule has 7 heteroatoms. The molecule has 1 aromatic heterocycles. The second-order valence-corrected chi connectivity index (χ2v) is 6.57. The number of carbonyl (C=O) groups excluding carboxylic acids is 1. The Bertz CT molecular complexity index is 1030. The van der Waals surface area contributed by atoms with Crippen molar-refractivity contribution in [2.45, 2.75) is 13.0 Å². The first-order valence-corrected chi connectivity index (χ1v) is 9.00. The summed E-state index contributed by atoms with van der Waals surface area (Å²) >= 11 is 0. The summed E-state index contributed by atoms with van der Waals surface area (Å²) < 4.78 is 10.7. The molecule has 28 heavy (non-hydrogen) atoms. The summed E-state index contributed by atoms with van der Waals surface area (Å²) in [4.78, 5) is 14.4. The van der Waals surface area contributed by atoms with Crippen LogP contribution in [-0.4, -0.2) is 46.9 Å². The van der Waals surface area contributed by atoms with Gasteiger partial charge in [-0.25, -0.2) is 0 Å². The predicted octanol–water partition coefficient (Wildman–Crippen LogP) is 3.36. The standard InChI is InChI=1S/C21H21N3O4/c1-4-28-16-11-13(7-10-15(16)25)20-17-18(12-5-8-14(27-3)9-6-12)22-23-19(17)21(26)24(20)2/h5-11,20,25H,4H2,1-3H3,(H,22,23)/t20-/m1/s1. The molecule has 2 heterocycles. The van der Waals surface area contributed by atoms with E-state index in [0.29, 0.717) is 23.7 Å². The Hall–Kier alpha value is -3.48. The summed E-state index contributed by atoms with van der Waals surface area (Å²) in [5, 5.41) is 17.3. The van der Waals surface area contributed by atoms with Gasteiger partial charge in [-0.1, -0.05) is 6.07 Å². The van der Waals surface area contributed by atoms with Crippen LogP contribution < -0.4 is 9.47 Å². The van der Waals surface area contributed by atoms with Crippen LogP contribution in [0.3, 0.4) is 0 Å². The third-order valence-electron chi connectivity index (χ3n) is 4.96. The van der Waals surface area contributed by atoms with E-state index in [4.69, 9.17) is 9.47 Å². The highest BCUT2D eigenvalue weighted by Crippen LogP contribution is 2.43. The first-order valence-electron chi connectivity index (χ1n) is 9.00. The Morgan fingerprint density at radius 3 is 2.64 bits per heavy atom. The van der Waals surface area contributed by atoms with Crippen LogP contribution in [-0.2, 0) is 0 Å². The summed E-state index contributed by atoms with van der Waals surface area (Å²) in [6.07, 6.45) is 0. The number of ether oxygens (including phenoxy) is 2. The molecule has 0 spiro atoms. The van der Waals surface area contributed by atoms with Gasteiger partial charge in [0.1, 0.15) is 11.4 Å². The number of fused-ring (bicyclic) bond motifs is 1. The van der Waals surface area contributed by atoms with Gasteiger partial charge in [0.2, 0.25) is 0 Å². The highest BCUT2D eigenvalue weighted by Gasteiger charge is 2.40. The van der Waals surface area contributed by atoms with Gasteiger partial charge in [-0.05, 0) is 48.9 Å². The van der Waals surface area contributed by atoms with E-state index in [9.17, 15) is 9.90 Å². The lowest BCUT2D eigenvalue weighted by Crippen LogP contribution is -2.24.